The minimum atomic E-state index is -0.735. The topological polar surface area (TPSA) is 96.1 Å². The third-order valence-corrected chi connectivity index (χ3v) is 2.95. The quantitative estimate of drug-likeness (QED) is 0.799. The van der Waals surface area contributed by atoms with E-state index in [2.05, 4.69) is 20.8 Å². The number of H-pyrrole nitrogens is 1. The number of hydrogen-bond donors (Lipinski definition) is 3. The number of rotatable bonds is 3. The minimum Gasteiger partial charge on any atom is -0.444 e. The molecule has 7 nitrogen and oxygen atoms in total. The molecule has 9 heteroatoms. The number of fused-ring (bicyclic) bond motifs is 1. The average molecular weight is 343 g/mol. The summed E-state index contributed by atoms with van der Waals surface area (Å²) < 4.78 is 18.9. The number of anilines is 1. The molecule has 1 aromatic carbocycles. The number of nitrogens with zero attached hydrogens (tertiary/aromatic N) is 1. The lowest BCUT2D eigenvalue weighted by Crippen LogP contribution is -2.37. The fraction of sp³-hybridized carbons (Fsp3) is 0.357. The zero-order valence-corrected chi connectivity index (χ0v) is 13.5. The fourth-order valence-corrected chi connectivity index (χ4v) is 1.95. The molecule has 0 bridgehead atoms. The van der Waals surface area contributed by atoms with E-state index in [1.807, 2.05) is 0 Å². The second kappa shape index (κ2) is 6.41. The van der Waals surface area contributed by atoms with Gasteiger partial charge in [-0.25, -0.2) is 9.18 Å². The molecular formula is C14H16ClFN4O3. The number of halogens is 2. The van der Waals surface area contributed by atoms with Gasteiger partial charge in [0.2, 0.25) is 5.91 Å². The van der Waals surface area contributed by atoms with Crippen LogP contribution in [0.3, 0.4) is 0 Å². The first-order valence-electron chi connectivity index (χ1n) is 6.75. The van der Waals surface area contributed by atoms with E-state index in [4.69, 9.17) is 16.3 Å². The van der Waals surface area contributed by atoms with Crippen molar-refractivity contribution in [3.05, 3.63) is 23.1 Å². The van der Waals surface area contributed by atoms with Crippen LogP contribution in [-0.2, 0) is 9.53 Å². The minimum absolute atomic E-state index is 0.0585. The van der Waals surface area contributed by atoms with Crippen LogP contribution >= 0.6 is 11.6 Å². The van der Waals surface area contributed by atoms with Crippen LogP contribution < -0.4 is 10.6 Å². The molecule has 0 aliphatic heterocycles. The zero-order chi connectivity index (χ0) is 17.2. The largest absolute Gasteiger partial charge is 0.444 e. The van der Waals surface area contributed by atoms with Gasteiger partial charge in [0.1, 0.15) is 23.1 Å². The molecule has 0 unspecified atom stereocenters. The Bertz CT molecular complexity index is 754. The molecule has 0 saturated carbocycles. The first-order chi connectivity index (χ1) is 10.7. The first-order valence-corrected chi connectivity index (χ1v) is 7.13. The molecule has 0 fully saturated rings. The number of carbonyl (C=O) groups excluding carboxylic acids is 2. The Kier molecular flexibility index (Phi) is 4.74. The summed E-state index contributed by atoms with van der Waals surface area (Å²) in [5.41, 5.74) is -0.385. The fourth-order valence-electron chi connectivity index (χ4n) is 1.76. The number of aromatic amines is 1. The van der Waals surface area contributed by atoms with Gasteiger partial charge < -0.3 is 15.4 Å². The molecular weight excluding hydrogens is 327 g/mol. The van der Waals surface area contributed by atoms with E-state index < -0.39 is 23.4 Å². The van der Waals surface area contributed by atoms with E-state index in [1.165, 1.54) is 6.07 Å². The Hall–Kier alpha value is -2.35. The van der Waals surface area contributed by atoms with E-state index in [-0.39, 0.29) is 17.4 Å². The lowest BCUT2D eigenvalue weighted by Gasteiger charge is -2.19. The van der Waals surface area contributed by atoms with Crippen molar-refractivity contribution >= 4 is 40.2 Å². The number of amides is 2. The molecule has 23 heavy (non-hydrogen) atoms. The van der Waals surface area contributed by atoms with Gasteiger partial charge in [0.15, 0.2) is 0 Å². The van der Waals surface area contributed by atoms with Crippen molar-refractivity contribution in [3.63, 3.8) is 0 Å². The standard InChI is InChI=1S/C14H16ClFN4O3/c1-14(2,3)23-13(22)17-6-11(21)18-10-4-7-9(5-8(10)16)19-20-12(7)15/h4-5H,6H2,1-3H3,(H,17,22)(H,18,21)(H,19,20). The van der Waals surface area contributed by atoms with Crippen molar-refractivity contribution in [1.82, 2.24) is 15.5 Å². The number of benzene rings is 1. The highest BCUT2D eigenvalue weighted by molar-refractivity contribution is 6.34. The number of aromatic nitrogens is 2. The summed E-state index contributed by atoms with van der Waals surface area (Å²) >= 11 is 5.87. The predicted molar refractivity (Wildman–Crippen MR) is 83.9 cm³/mol. The van der Waals surface area contributed by atoms with E-state index in [0.29, 0.717) is 10.9 Å². The Morgan fingerprint density at radius 3 is 2.74 bits per heavy atom. The van der Waals surface area contributed by atoms with Crippen LogP contribution in [0.5, 0.6) is 0 Å². The summed E-state index contributed by atoms with van der Waals surface area (Å²) in [6, 6.07) is 2.51. The van der Waals surface area contributed by atoms with Gasteiger partial charge in [0, 0.05) is 11.5 Å². The Labute approximate surface area is 136 Å². The molecule has 2 aromatic rings. The summed E-state index contributed by atoms with van der Waals surface area (Å²) in [5, 5.41) is 11.7. The van der Waals surface area contributed by atoms with E-state index in [1.54, 1.807) is 20.8 Å². The van der Waals surface area contributed by atoms with Crippen LogP contribution in [0.15, 0.2) is 12.1 Å². The summed E-state index contributed by atoms with van der Waals surface area (Å²) in [6.07, 6.45) is -0.735. The van der Waals surface area contributed by atoms with Crippen LogP contribution in [0.4, 0.5) is 14.9 Å². The third-order valence-electron chi connectivity index (χ3n) is 2.66. The van der Waals surface area contributed by atoms with Gasteiger partial charge in [-0.15, -0.1) is 0 Å². The highest BCUT2D eigenvalue weighted by Gasteiger charge is 2.17. The predicted octanol–water partition coefficient (Wildman–Crippen LogP) is 2.82. The van der Waals surface area contributed by atoms with Crippen molar-refractivity contribution in [2.45, 2.75) is 26.4 Å². The first kappa shape index (κ1) is 17.0. The maximum absolute atomic E-state index is 13.9. The number of ether oxygens (including phenoxy) is 1. The average Bonchev–Trinajstić information content (AvgIpc) is 2.76. The van der Waals surface area contributed by atoms with Crippen molar-refractivity contribution in [1.29, 1.82) is 0 Å². The molecule has 0 radical (unpaired) electrons. The molecule has 2 amide bonds. The van der Waals surface area contributed by atoms with Crippen LogP contribution in [0.25, 0.3) is 10.9 Å². The van der Waals surface area contributed by atoms with E-state index in [0.717, 1.165) is 6.07 Å². The summed E-state index contributed by atoms with van der Waals surface area (Å²) in [5.74, 6) is -1.26. The molecule has 0 saturated heterocycles. The lowest BCUT2D eigenvalue weighted by atomic mass is 10.2. The number of alkyl carbamates (subject to hydrolysis) is 1. The van der Waals surface area contributed by atoms with Gasteiger partial charge in [-0.2, -0.15) is 5.10 Å². The molecule has 0 spiro atoms. The Morgan fingerprint density at radius 2 is 2.09 bits per heavy atom. The molecule has 1 heterocycles. The summed E-state index contributed by atoms with van der Waals surface area (Å²) in [7, 11) is 0. The van der Waals surface area contributed by atoms with Crippen LogP contribution in [0, 0.1) is 5.82 Å². The van der Waals surface area contributed by atoms with Gasteiger partial charge in [0.05, 0.1) is 11.2 Å². The van der Waals surface area contributed by atoms with Crippen LogP contribution in [0.1, 0.15) is 20.8 Å². The van der Waals surface area contributed by atoms with Crippen molar-refractivity contribution in [3.8, 4) is 0 Å². The number of hydrogen-bond acceptors (Lipinski definition) is 4. The molecule has 0 atom stereocenters. The monoisotopic (exact) mass is 342 g/mol. The van der Waals surface area contributed by atoms with Gasteiger partial charge >= 0.3 is 6.09 Å². The second-order valence-corrected chi connectivity index (χ2v) is 6.17. The smallest absolute Gasteiger partial charge is 0.408 e. The van der Waals surface area contributed by atoms with Gasteiger partial charge in [-0.1, -0.05) is 11.6 Å². The zero-order valence-electron chi connectivity index (χ0n) is 12.8. The molecule has 2 rings (SSSR count). The highest BCUT2D eigenvalue weighted by Crippen LogP contribution is 2.26. The Balaban J connectivity index is 1.99. The SMILES string of the molecule is CC(C)(C)OC(=O)NCC(=O)Nc1cc2c(Cl)[nH]nc2cc1F. The number of carbonyl (C=O) groups is 2. The molecule has 3 N–H and O–H groups in total. The van der Waals surface area contributed by atoms with Gasteiger partial charge in [0.25, 0.3) is 0 Å². The second-order valence-electron chi connectivity index (χ2n) is 5.79. The number of nitrogens with one attached hydrogen (secondary N) is 3. The van der Waals surface area contributed by atoms with Gasteiger partial charge in [-0.05, 0) is 26.8 Å². The normalized spacial score (nSPS) is 11.3. The van der Waals surface area contributed by atoms with Crippen molar-refractivity contribution in [2.75, 3.05) is 11.9 Å². The maximum atomic E-state index is 13.9. The Morgan fingerprint density at radius 1 is 1.39 bits per heavy atom. The van der Waals surface area contributed by atoms with Gasteiger partial charge in [-0.3, -0.25) is 9.89 Å². The molecule has 0 aliphatic rings. The summed E-state index contributed by atoms with van der Waals surface area (Å²) in [4.78, 5) is 23.2. The maximum Gasteiger partial charge on any atom is 0.408 e. The lowest BCUT2D eigenvalue weighted by molar-refractivity contribution is -0.115. The van der Waals surface area contributed by atoms with E-state index in [9.17, 15) is 14.0 Å². The van der Waals surface area contributed by atoms with Crippen LogP contribution in [0.2, 0.25) is 5.15 Å². The third kappa shape index (κ3) is 4.56. The van der Waals surface area contributed by atoms with Crippen LogP contribution in [-0.4, -0.2) is 34.3 Å². The van der Waals surface area contributed by atoms with E-state index >= 15 is 0 Å². The summed E-state index contributed by atoms with van der Waals surface area (Å²) in [6.45, 7) is 4.75. The molecule has 0 aliphatic carbocycles. The highest BCUT2D eigenvalue weighted by atomic mass is 35.5. The van der Waals surface area contributed by atoms with Crippen molar-refractivity contribution < 1.29 is 18.7 Å². The molecule has 1 aromatic heterocycles. The van der Waals surface area contributed by atoms with Crippen molar-refractivity contribution in [2.24, 2.45) is 0 Å². The molecule has 124 valence electrons.